The lowest BCUT2D eigenvalue weighted by atomic mass is 10.1. The van der Waals surface area contributed by atoms with E-state index in [1.807, 2.05) is 37.3 Å². The van der Waals surface area contributed by atoms with Gasteiger partial charge >= 0.3 is 0 Å². The van der Waals surface area contributed by atoms with Gasteiger partial charge in [0.25, 0.3) is 0 Å². The molecule has 1 aliphatic carbocycles. The van der Waals surface area contributed by atoms with Gasteiger partial charge in [0.05, 0.1) is 5.69 Å². The molecule has 0 radical (unpaired) electrons. The number of hydrogen-bond donors (Lipinski definition) is 3. The third-order valence-corrected chi connectivity index (χ3v) is 5.35. The molecule has 0 atom stereocenters. The third-order valence-electron chi connectivity index (χ3n) is 5.35. The molecule has 4 rings (SSSR count). The number of unbranched alkanes of at least 4 members (excludes halogenated alkanes) is 2. The van der Waals surface area contributed by atoms with Gasteiger partial charge in [-0.25, -0.2) is 15.0 Å². The normalized spacial score (nSPS) is 13.2. The number of hydrogen-bond acceptors (Lipinski definition) is 7. The van der Waals surface area contributed by atoms with Crippen LogP contribution in [0, 0.1) is 12.8 Å². The number of nitrogens with zero attached hydrogens (tertiary/aromatic N) is 4. The molecule has 30 heavy (non-hydrogen) atoms. The van der Waals surface area contributed by atoms with Gasteiger partial charge in [0.1, 0.15) is 5.82 Å². The first-order valence-electron chi connectivity index (χ1n) is 10.7. The highest BCUT2D eigenvalue weighted by atomic mass is 15.1. The molecule has 7 nitrogen and oxygen atoms in total. The van der Waals surface area contributed by atoms with Crippen LogP contribution in [0.4, 0.5) is 23.4 Å². The third kappa shape index (κ3) is 5.65. The van der Waals surface area contributed by atoms with Crippen LogP contribution in [0.2, 0.25) is 0 Å². The van der Waals surface area contributed by atoms with E-state index in [0.29, 0.717) is 5.95 Å². The molecule has 7 heteroatoms. The van der Waals surface area contributed by atoms with Gasteiger partial charge in [0.2, 0.25) is 11.9 Å². The van der Waals surface area contributed by atoms with E-state index in [4.69, 9.17) is 5.73 Å². The molecule has 4 N–H and O–H groups in total. The summed E-state index contributed by atoms with van der Waals surface area (Å²) in [5, 5.41) is 6.66. The molecule has 1 aromatic carbocycles. The fourth-order valence-corrected chi connectivity index (χ4v) is 3.46. The van der Waals surface area contributed by atoms with E-state index in [1.54, 1.807) is 12.4 Å². The van der Waals surface area contributed by atoms with Crippen LogP contribution in [0.3, 0.4) is 0 Å². The number of aryl methyl sites for hydroxylation is 1. The summed E-state index contributed by atoms with van der Waals surface area (Å²) in [6.07, 6.45) is 11.6. The zero-order valence-electron chi connectivity index (χ0n) is 17.4. The Balaban J connectivity index is 1.30. The van der Waals surface area contributed by atoms with Crippen molar-refractivity contribution in [2.24, 2.45) is 5.92 Å². The average Bonchev–Trinajstić information content (AvgIpc) is 3.58. The van der Waals surface area contributed by atoms with Crippen molar-refractivity contribution in [2.75, 3.05) is 22.9 Å². The summed E-state index contributed by atoms with van der Waals surface area (Å²) in [7, 11) is 0. The van der Waals surface area contributed by atoms with Crippen LogP contribution in [0.15, 0.2) is 42.7 Å². The first-order chi connectivity index (χ1) is 14.7. The highest BCUT2D eigenvalue weighted by molar-refractivity contribution is 5.67. The van der Waals surface area contributed by atoms with Crippen LogP contribution in [0.1, 0.15) is 44.1 Å². The second-order valence-corrected chi connectivity index (χ2v) is 7.95. The maximum atomic E-state index is 5.73. The number of nitrogens with two attached hydrogens (primary N) is 1. The first kappa shape index (κ1) is 20.1. The molecular weight excluding hydrogens is 374 g/mol. The molecule has 1 saturated carbocycles. The summed E-state index contributed by atoms with van der Waals surface area (Å²) in [5.74, 6) is 2.73. The average molecular weight is 404 g/mol. The molecule has 2 aromatic heterocycles. The van der Waals surface area contributed by atoms with Crippen LogP contribution >= 0.6 is 0 Å². The Labute approximate surface area is 177 Å². The number of rotatable bonds is 10. The van der Waals surface area contributed by atoms with Crippen molar-refractivity contribution in [1.29, 1.82) is 0 Å². The van der Waals surface area contributed by atoms with E-state index in [1.165, 1.54) is 32.1 Å². The summed E-state index contributed by atoms with van der Waals surface area (Å²) in [4.78, 5) is 17.3. The Kier molecular flexibility index (Phi) is 6.37. The lowest BCUT2D eigenvalue weighted by molar-refractivity contribution is 0.612. The maximum absolute atomic E-state index is 5.73. The standard InChI is InChI=1S/C23H29N7/c1-16-15-27-22(24)30-21(16)18-8-10-19(11-9-18)28-20-12-14-26-23(29-20)25-13-4-2-3-5-17-6-7-17/h8-12,14-15,17H,2-7,13H2,1H3,(H2,24,27,30)(H2,25,26,28,29). The minimum Gasteiger partial charge on any atom is -0.368 e. The molecule has 2 heterocycles. The van der Waals surface area contributed by atoms with E-state index in [0.717, 1.165) is 47.2 Å². The molecule has 0 spiro atoms. The lowest BCUT2D eigenvalue weighted by Gasteiger charge is -2.10. The molecular formula is C23H29N7. The molecule has 0 aliphatic heterocycles. The van der Waals surface area contributed by atoms with E-state index in [2.05, 4.69) is 30.6 Å². The molecule has 0 saturated heterocycles. The van der Waals surface area contributed by atoms with E-state index < -0.39 is 0 Å². The summed E-state index contributed by atoms with van der Waals surface area (Å²) in [5.41, 5.74) is 9.51. The van der Waals surface area contributed by atoms with Gasteiger partial charge < -0.3 is 16.4 Å². The Morgan fingerprint density at radius 2 is 1.83 bits per heavy atom. The molecule has 1 aliphatic rings. The highest BCUT2D eigenvalue weighted by Gasteiger charge is 2.19. The maximum Gasteiger partial charge on any atom is 0.224 e. The van der Waals surface area contributed by atoms with Gasteiger partial charge in [-0.05, 0) is 43.0 Å². The zero-order chi connectivity index (χ0) is 20.8. The number of nitrogen functional groups attached to an aromatic ring is 1. The topological polar surface area (TPSA) is 102 Å². The SMILES string of the molecule is Cc1cnc(N)nc1-c1ccc(Nc2ccnc(NCCCCCC3CC3)n2)cc1. The van der Waals surface area contributed by atoms with Crippen molar-refractivity contribution >= 4 is 23.4 Å². The predicted molar refractivity (Wildman–Crippen MR) is 122 cm³/mol. The summed E-state index contributed by atoms with van der Waals surface area (Å²) in [6, 6.07) is 9.90. The predicted octanol–water partition coefficient (Wildman–Crippen LogP) is 4.95. The van der Waals surface area contributed by atoms with Crippen molar-refractivity contribution in [2.45, 2.75) is 45.4 Å². The molecule has 1 fully saturated rings. The van der Waals surface area contributed by atoms with E-state index in [-0.39, 0.29) is 5.95 Å². The largest absolute Gasteiger partial charge is 0.368 e. The molecule has 3 aromatic rings. The quantitative estimate of drug-likeness (QED) is 0.412. The Hall–Kier alpha value is -3.22. The van der Waals surface area contributed by atoms with Gasteiger partial charge in [-0.1, -0.05) is 44.2 Å². The summed E-state index contributed by atoms with van der Waals surface area (Å²) < 4.78 is 0. The van der Waals surface area contributed by atoms with Crippen LogP contribution < -0.4 is 16.4 Å². The van der Waals surface area contributed by atoms with Gasteiger partial charge in [-0.3, -0.25) is 0 Å². The zero-order valence-corrected chi connectivity index (χ0v) is 17.4. The molecule has 0 bridgehead atoms. The van der Waals surface area contributed by atoms with Gasteiger partial charge in [-0.15, -0.1) is 0 Å². The fourth-order valence-electron chi connectivity index (χ4n) is 3.46. The lowest BCUT2D eigenvalue weighted by Crippen LogP contribution is -2.06. The van der Waals surface area contributed by atoms with Gasteiger partial charge in [-0.2, -0.15) is 4.98 Å². The number of aromatic nitrogens is 4. The molecule has 0 unspecified atom stereocenters. The smallest absolute Gasteiger partial charge is 0.224 e. The summed E-state index contributed by atoms with van der Waals surface area (Å²) >= 11 is 0. The van der Waals surface area contributed by atoms with E-state index in [9.17, 15) is 0 Å². The molecule has 156 valence electrons. The van der Waals surface area contributed by atoms with Gasteiger partial charge in [0, 0.05) is 30.2 Å². The minimum atomic E-state index is 0.279. The molecule has 0 amide bonds. The van der Waals surface area contributed by atoms with Crippen LogP contribution in [-0.4, -0.2) is 26.5 Å². The van der Waals surface area contributed by atoms with Crippen LogP contribution in [0.25, 0.3) is 11.3 Å². The van der Waals surface area contributed by atoms with Crippen molar-refractivity contribution in [3.63, 3.8) is 0 Å². The van der Waals surface area contributed by atoms with Crippen molar-refractivity contribution in [3.05, 3.63) is 48.3 Å². The number of anilines is 4. The van der Waals surface area contributed by atoms with Crippen molar-refractivity contribution < 1.29 is 0 Å². The second kappa shape index (κ2) is 9.52. The van der Waals surface area contributed by atoms with Crippen LogP contribution in [-0.2, 0) is 0 Å². The highest BCUT2D eigenvalue weighted by Crippen LogP contribution is 2.34. The van der Waals surface area contributed by atoms with Crippen LogP contribution in [0.5, 0.6) is 0 Å². The summed E-state index contributed by atoms with van der Waals surface area (Å²) in [6.45, 7) is 2.88. The van der Waals surface area contributed by atoms with Crippen molar-refractivity contribution in [1.82, 2.24) is 19.9 Å². The Bertz CT molecular complexity index is 968. The minimum absolute atomic E-state index is 0.279. The Morgan fingerprint density at radius 1 is 1.00 bits per heavy atom. The Morgan fingerprint density at radius 3 is 2.63 bits per heavy atom. The van der Waals surface area contributed by atoms with Gasteiger partial charge in [0.15, 0.2) is 0 Å². The fraction of sp³-hybridized carbons (Fsp3) is 0.391. The first-order valence-corrected chi connectivity index (χ1v) is 10.7. The number of nitrogens with one attached hydrogen (secondary N) is 2. The van der Waals surface area contributed by atoms with Crippen molar-refractivity contribution in [3.8, 4) is 11.3 Å². The second-order valence-electron chi connectivity index (χ2n) is 7.95. The monoisotopic (exact) mass is 403 g/mol. The number of benzene rings is 1. The van der Waals surface area contributed by atoms with E-state index >= 15 is 0 Å².